The minimum absolute atomic E-state index is 0.106. The van der Waals surface area contributed by atoms with Crippen molar-refractivity contribution in [2.24, 2.45) is 5.92 Å². The van der Waals surface area contributed by atoms with Gasteiger partial charge in [0.05, 0.1) is 22.9 Å². The molecule has 0 radical (unpaired) electrons. The minimum Gasteiger partial charge on any atom is -0.477 e. The van der Waals surface area contributed by atoms with Gasteiger partial charge in [-0.15, -0.1) is 11.3 Å². The molecular formula is C16H18N4O6S2. The molecule has 28 heavy (non-hydrogen) atoms. The van der Waals surface area contributed by atoms with Crippen LogP contribution in [0, 0.1) is 5.92 Å². The average molecular weight is 426 g/mol. The van der Waals surface area contributed by atoms with Crippen LogP contribution in [-0.2, 0) is 19.6 Å². The lowest BCUT2D eigenvalue weighted by Crippen LogP contribution is -2.61. The van der Waals surface area contributed by atoms with E-state index in [0.717, 1.165) is 15.6 Å². The lowest BCUT2D eigenvalue weighted by molar-refractivity contribution is -0.161. The van der Waals surface area contributed by atoms with E-state index in [9.17, 15) is 28.2 Å². The molecule has 1 amide bonds. The summed E-state index contributed by atoms with van der Waals surface area (Å²) in [5, 5.41) is 19.4. The van der Waals surface area contributed by atoms with Crippen LogP contribution < -0.4 is 0 Å². The first-order chi connectivity index (χ1) is 13.1. The summed E-state index contributed by atoms with van der Waals surface area (Å²) in [4.78, 5) is 30.3. The van der Waals surface area contributed by atoms with Gasteiger partial charge in [-0.05, 0) is 13.3 Å². The molecule has 2 aromatic heterocycles. The van der Waals surface area contributed by atoms with E-state index in [1.54, 1.807) is 6.20 Å². The van der Waals surface area contributed by atoms with Crippen molar-refractivity contribution in [2.75, 3.05) is 14.1 Å². The Balaban J connectivity index is 1.81. The number of rotatable bonds is 5. The summed E-state index contributed by atoms with van der Waals surface area (Å²) in [6.07, 6.45) is 2.40. The molecule has 12 heteroatoms. The zero-order valence-electron chi connectivity index (χ0n) is 15.2. The maximum Gasteiger partial charge on any atom is 0.352 e. The van der Waals surface area contributed by atoms with E-state index in [-0.39, 0.29) is 17.1 Å². The van der Waals surface area contributed by atoms with Crippen molar-refractivity contribution in [3.8, 4) is 0 Å². The van der Waals surface area contributed by atoms with Crippen LogP contribution in [0.3, 0.4) is 0 Å². The first-order valence-electron chi connectivity index (χ1n) is 8.42. The number of carboxylic acids is 1. The number of sulfonamides is 1. The molecule has 0 saturated carbocycles. The van der Waals surface area contributed by atoms with Crippen LogP contribution in [0.5, 0.6) is 0 Å². The number of aliphatic hydroxyl groups excluding tert-OH is 1. The number of β-lactam (4-membered cyclic amide) rings is 1. The SMILES string of the molecule is C[C@@H](O)[C@H]1C(=O)N2C(C(=O)O)=C(c3cn4cnc(S(=O)(=O)N(C)C)c4s3)C[C@H]12. The van der Waals surface area contributed by atoms with E-state index in [1.807, 2.05) is 0 Å². The van der Waals surface area contributed by atoms with Gasteiger partial charge in [0.25, 0.3) is 10.0 Å². The van der Waals surface area contributed by atoms with E-state index in [0.29, 0.717) is 15.3 Å². The Kier molecular flexibility index (Phi) is 4.16. The van der Waals surface area contributed by atoms with Gasteiger partial charge in [-0.3, -0.25) is 9.20 Å². The van der Waals surface area contributed by atoms with Crippen LogP contribution in [0.15, 0.2) is 23.2 Å². The summed E-state index contributed by atoms with van der Waals surface area (Å²) in [6, 6.07) is -0.404. The molecule has 0 bridgehead atoms. The summed E-state index contributed by atoms with van der Waals surface area (Å²) >= 11 is 1.11. The number of nitrogens with zero attached hydrogens (tertiary/aromatic N) is 4. The number of aromatic nitrogens is 2. The van der Waals surface area contributed by atoms with Crippen molar-refractivity contribution in [1.29, 1.82) is 0 Å². The van der Waals surface area contributed by atoms with Crippen molar-refractivity contribution >= 4 is 43.6 Å². The fraction of sp³-hybridized carbons (Fsp3) is 0.438. The van der Waals surface area contributed by atoms with Crippen LogP contribution in [-0.4, -0.2) is 75.3 Å². The predicted molar refractivity (Wildman–Crippen MR) is 98.9 cm³/mol. The molecule has 1 saturated heterocycles. The van der Waals surface area contributed by atoms with Crippen molar-refractivity contribution in [3.05, 3.63) is 23.1 Å². The summed E-state index contributed by atoms with van der Waals surface area (Å²) in [5.74, 6) is -2.27. The fourth-order valence-electron chi connectivity index (χ4n) is 3.76. The van der Waals surface area contributed by atoms with Crippen LogP contribution in [0.2, 0.25) is 0 Å². The highest BCUT2D eigenvalue weighted by Gasteiger charge is 2.57. The Labute approximate surface area is 164 Å². The van der Waals surface area contributed by atoms with Gasteiger partial charge in [0.15, 0.2) is 0 Å². The van der Waals surface area contributed by atoms with Crippen molar-refractivity contribution < 1.29 is 28.2 Å². The fourth-order valence-corrected chi connectivity index (χ4v) is 6.07. The molecule has 4 heterocycles. The van der Waals surface area contributed by atoms with Gasteiger partial charge < -0.3 is 15.1 Å². The van der Waals surface area contributed by atoms with Crippen molar-refractivity contribution in [2.45, 2.75) is 30.5 Å². The number of carbonyl (C=O) groups excluding carboxylic acids is 1. The Morgan fingerprint density at radius 2 is 2.11 bits per heavy atom. The number of imidazole rings is 1. The van der Waals surface area contributed by atoms with Gasteiger partial charge in [0, 0.05) is 25.9 Å². The van der Waals surface area contributed by atoms with E-state index in [2.05, 4.69) is 4.98 Å². The highest BCUT2D eigenvalue weighted by molar-refractivity contribution is 7.89. The number of fused-ring (bicyclic) bond motifs is 2. The third-order valence-corrected chi connectivity index (χ3v) is 8.18. The highest BCUT2D eigenvalue weighted by atomic mass is 32.2. The first-order valence-corrected chi connectivity index (χ1v) is 10.7. The zero-order chi connectivity index (χ0) is 20.5. The molecule has 1 fully saturated rings. The molecule has 2 aliphatic heterocycles. The Morgan fingerprint density at radius 1 is 1.43 bits per heavy atom. The van der Waals surface area contributed by atoms with Crippen LogP contribution in [0.25, 0.3) is 10.4 Å². The van der Waals surface area contributed by atoms with Gasteiger partial charge in [0.2, 0.25) is 10.9 Å². The topological polar surface area (TPSA) is 133 Å². The maximum absolute atomic E-state index is 12.5. The second-order valence-corrected chi connectivity index (χ2v) is 10.1. The van der Waals surface area contributed by atoms with E-state index in [4.69, 9.17) is 0 Å². The molecule has 150 valence electrons. The van der Waals surface area contributed by atoms with E-state index >= 15 is 0 Å². The number of thiazole rings is 1. The lowest BCUT2D eigenvalue weighted by Gasteiger charge is -2.44. The third-order valence-electron chi connectivity index (χ3n) is 5.13. The van der Waals surface area contributed by atoms with Crippen molar-refractivity contribution in [1.82, 2.24) is 18.6 Å². The van der Waals surface area contributed by atoms with Crippen LogP contribution >= 0.6 is 11.3 Å². The normalized spacial score (nSPS) is 23.5. The summed E-state index contributed by atoms with van der Waals surface area (Å²) in [6.45, 7) is 1.51. The van der Waals surface area contributed by atoms with Crippen molar-refractivity contribution in [3.63, 3.8) is 0 Å². The van der Waals surface area contributed by atoms with Gasteiger partial charge in [0.1, 0.15) is 16.9 Å². The molecule has 4 rings (SSSR count). The molecule has 10 nitrogen and oxygen atoms in total. The second-order valence-electron chi connectivity index (χ2n) is 7.02. The summed E-state index contributed by atoms with van der Waals surface area (Å²) in [7, 11) is -0.943. The molecule has 0 spiro atoms. The Morgan fingerprint density at radius 3 is 2.68 bits per heavy atom. The quantitative estimate of drug-likeness (QED) is 0.646. The number of carbonyl (C=O) groups is 2. The molecule has 2 aliphatic rings. The van der Waals surface area contributed by atoms with Gasteiger partial charge in [-0.2, -0.15) is 0 Å². The molecule has 2 aromatic rings. The standard InChI is InChI=1S/C16H18N4O6S2/c1-7(21)11-9-4-8(12(16(23)24)20(9)14(11)22)10-5-19-6-17-13(15(19)27-10)28(25,26)18(2)3/h5-7,9,11,21H,4H2,1-3H3,(H,23,24)/t7-,9-,11-/m1/s1. The van der Waals surface area contributed by atoms with Gasteiger partial charge in [-0.25, -0.2) is 22.5 Å². The zero-order valence-corrected chi connectivity index (χ0v) is 16.9. The number of hydrogen-bond acceptors (Lipinski definition) is 7. The summed E-state index contributed by atoms with van der Waals surface area (Å²) in [5.41, 5.74) is 0.345. The molecular weight excluding hydrogens is 408 g/mol. The Bertz CT molecular complexity index is 1140. The smallest absolute Gasteiger partial charge is 0.352 e. The number of aliphatic hydroxyl groups is 1. The molecule has 0 aliphatic carbocycles. The maximum atomic E-state index is 12.5. The minimum atomic E-state index is -3.76. The highest BCUT2D eigenvalue weighted by Crippen LogP contribution is 2.48. The number of amides is 1. The van der Waals surface area contributed by atoms with Crippen LogP contribution in [0.1, 0.15) is 18.2 Å². The largest absolute Gasteiger partial charge is 0.477 e. The second kappa shape index (κ2) is 6.11. The molecule has 3 atom stereocenters. The average Bonchev–Trinajstić information content (AvgIpc) is 3.23. The number of carboxylic acid groups (broad SMARTS) is 1. The lowest BCUT2D eigenvalue weighted by atomic mass is 9.83. The van der Waals surface area contributed by atoms with Gasteiger partial charge in [-0.1, -0.05) is 0 Å². The molecule has 0 aromatic carbocycles. The van der Waals surface area contributed by atoms with Crippen LogP contribution in [0.4, 0.5) is 0 Å². The third kappa shape index (κ3) is 2.45. The van der Waals surface area contributed by atoms with E-state index < -0.39 is 40.0 Å². The molecule has 0 unspecified atom stereocenters. The Hall–Kier alpha value is -2.28. The van der Waals surface area contributed by atoms with E-state index in [1.165, 1.54) is 36.6 Å². The van der Waals surface area contributed by atoms with Gasteiger partial charge >= 0.3 is 5.97 Å². The summed E-state index contributed by atoms with van der Waals surface area (Å²) < 4.78 is 27.5. The number of hydrogen-bond donors (Lipinski definition) is 2. The predicted octanol–water partition coefficient (Wildman–Crippen LogP) is 0.0533. The number of aliphatic carboxylic acids is 1. The monoisotopic (exact) mass is 426 g/mol. The first kappa shape index (κ1) is 19.1. The molecule has 2 N–H and O–H groups in total.